The van der Waals surface area contributed by atoms with Crippen LogP contribution >= 0.6 is 0 Å². The van der Waals surface area contributed by atoms with Gasteiger partial charge in [0.15, 0.2) is 0 Å². The summed E-state index contributed by atoms with van der Waals surface area (Å²) >= 11 is 0. The third-order valence-electron chi connectivity index (χ3n) is 2.12. The fourth-order valence-corrected chi connectivity index (χ4v) is 1.22. The van der Waals surface area contributed by atoms with Gasteiger partial charge in [-0.1, -0.05) is 12.1 Å². The summed E-state index contributed by atoms with van der Waals surface area (Å²) in [6, 6.07) is 4.12. The van der Waals surface area contributed by atoms with Crippen LogP contribution in [0, 0.1) is 5.82 Å². The van der Waals surface area contributed by atoms with E-state index in [1.807, 2.05) is 0 Å². The third kappa shape index (κ3) is 3.30. The molecule has 0 bridgehead atoms. The highest BCUT2D eigenvalue weighted by Crippen LogP contribution is 2.15. The van der Waals surface area contributed by atoms with Crippen LogP contribution in [-0.4, -0.2) is 17.1 Å². The number of benzene rings is 1. The van der Waals surface area contributed by atoms with Crippen molar-refractivity contribution >= 4 is 5.97 Å². The van der Waals surface area contributed by atoms with Gasteiger partial charge in [0.25, 0.3) is 0 Å². The van der Waals surface area contributed by atoms with E-state index in [1.54, 1.807) is 0 Å². The van der Waals surface area contributed by atoms with Crippen molar-refractivity contribution in [2.45, 2.75) is 18.5 Å². The summed E-state index contributed by atoms with van der Waals surface area (Å²) in [6.45, 7) is 0. The number of nitrogens with two attached hydrogens (primary N) is 2. The van der Waals surface area contributed by atoms with E-state index in [0.717, 1.165) is 0 Å². The average molecular weight is 212 g/mol. The molecule has 1 aromatic rings. The number of halogens is 1. The van der Waals surface area contributed by atoms with E-state index >= 15 is 0 Å². The lowest BCUT2D eigenvalue weighted by atomic mass is 10.0. The maximum Gasteiger partial charge on any atom is 0.320 e. The maximum atomic E-state index is 12.6. The third-order valence-corrected chi connectivity index (χ3v) is 2.12. The van der Waals surface area contributed by atoms with Gasteiger partial charge in [-0.3, -0.25) is 4.79 Å². The predicted octanol–water partition coefficient (Wildman–Crippen LogP) is 0.627. The van der Waals surface area contributed by atoms with Crippen LogP contribution in [0.1, 0.15) is 18.0 Å². The Morgan fingerprint density at radius 2 is 1.87 bits per heavy atom. The Hall–Kier alpha value is -1.46. The Balaban J connectivity index is 2.64. The molecule has 0 saturated carbocycles. The first-order valence-electron chi connectivity index (χ1n) is 4.50. The minimum atomic E-state index is -1.09. The summed E-state index contributed by atoms with van der Waals surface area (Å²) in [4.78, 5) is 10.5. The lowest BCUT2D eigenvalue weighted by Gasteiger charge is -2.14. The molecule has 5 heteroatoms. The molecule has 15 heavy (non-hydrogen) atoms. The molecular formula is C10H13FN2O2. The standard InChI is InChI=1S/C10H13FN2O2/c11-7-3-1-6(2-4-7)8(12)5-9(13)10(14)15/h1-4,8-9H,5,12-13H2,(H,14,15)/t8-,9-/m0/s1. The zero-order valence-corrected chi connectivity index (χ0v) is 8.06. The topological polar surface area (TPSA) is 89.3 Å². The van der Waals surface area contributed by atoms with Gasteiger partial charge in [-0.15, -0.1) is 0 Å². The van der Waals surface area contributed by atoms with Crippen LogP contribution in [0.2, 0.25) is 0 Å². The second kappa shape index (κ2) is 4.86. The number of carbonyl (C=O) groups is 1. The number of carboxylic acids is 1. The Bertz CT molecular complexity index is 340. The van der Waals surface area contributed by atoms with Gasteiger partial charge in [0.05, 0.1) is 0 Å². The van der Waals surface area contributed by atoms with Crippen molar-refractivity contribution in [2.24, 2.45) is 11.5 Å². The van der Waals surface area contributed by atoms with Crippen LogP contribution in [0.5, 0.6) is 0 Å². The smallest absolute Gasteiger partial charge is 0.320 e. The minimum Gasteiger partial charge on any atom is -0.480 e. The number of aliphatic carboxylic acids is 1. The van der Waals surface area contributed by atoms with Crippen LogP contribution in [0.25, 0.3) is 0 Å². The van der Waals surface area contributed by atoms with Crippen molar-refractivity contribution < 1.29 is 14.3 Å². The van der Waals surface area contributed by atoms with Gasteiger partial charge in [0, 0.05) is 6.04 Å². The van der Waals surface area contributed by atoms with E-state index < -0.39 is 18.1 Å². The molecule has 0 heterocycles. The van der Waals surface area contributed by atoms with Gasteiger partial charge in [-0.05, 0) is 24.1 Å². The van der Waals surface area contributed by atoms with E-state index in [1.165, 1.54) is 24.3 Å². The second-order valence-electron chi connectivity index (χ2n) is 3.34. The largest absolute Gasteiger partial charge is 0.480 e. The molecule has 1 aromatic carbocycles. The molecule has 0 radical (unpaired) electrons. The van der Waals surface area contributed by atoms with Crippen LogP contribution in [0.3, 0.4) is 0 Å². The highest BCUT2D eigenvalue weighted by atomic mass is 19.1. The normalized spacial score (nSPS) is 14.6. The molecule has 1 rings (SSSR count). The number of rotatable bonds is 4. The number of carboxylic acid groups (broad SMARTS) is 1. The maximum absolute atomic E-state index is 12.6. The molecule has 5 N–H and O–H groups in total. The van der Waals surface area contributed by atoms with Gasteiger partial charge in [-0.2, -0.15) is 0 Å². The van der Waals surface area contributed by atoms with E-state index in [0.29, 0.717) is 5.56 Å². The molecule has 0 amide bonds. The lowest BCUT2D eigenvalue weighted by Crippen LogP contribution is -2.33. The molecular weight excluding hydrogens is 199 g/mol. The monoisotopic (exact) mass is 212 g/mol. The van der Waals surface area contributed by atoms with Crippen LogP contribution in [0.15, 0.2) is 24.3 Å². The Labute approximate surface area is 86.7 Å². The molecule has 0 aliphatic rings. The van der Waals surface area contributed by atoms with E-state index in [-0.39, 0.29) is 12.2 Å². The fourth-order valence-electron chi connectivity index (χ4n) is 1.22. The molecule has 0 saturated heterocycles. The summed E-state index contributed by atoms with van der Waals surface area (Å²) < 4.78 is 12.6. The van der Waals surface area contributed by atoms with Crippen molar-refractivity contribution in [1.29, 1.82) is 0 Å². The SMILES string of the molecule is N[C@@H](C[C@H](N)c1ccc(F)cc1)C(=O)O. The van der Waals surface area contributed by atoms with Gasteiger partial charge in [0.1, 0.15) is 11.9 Å². The number of hydrogen-bond donors (Lipinski definition) is 3. The zero-order chi connectivity index (χ0) is 11.4. The Kier molecular flexibility index (Phi) is 3.76. The van der Waals surface area contributed by atoms with Crippen LogP contribution in [-0.2, 0) is 4.79 Å². The van der Waals surface area contributed by atoms with Gasteiger partial charge >= 0.3 is 5.97 Å². The van der Waals surface area contributed by atoms with E-state index in [4.69, 9.17) is 16.6 Å². The van der Waals surface area contributed by atoms with E-state index in [9.17, 15) is 9.18 Å². The molecule has 0 unspecified atom stereocenters. The molecule has 0 spiro atoms. The summed E-state index contributed by atoms with van der Waals surface area (Å²) in [5.41, 5.74) is 11.7. The first-order valence-corrected chi connectivity index (χ1v) is 4.50. The van der Waals surface area contributed by atoms with Gasteiger partial charge < -0.3 is 16.6 Å². The first-order chi connectivity index (χ1) is 7.00. The predicted molar refractivity (Wildman–Crippen MR) is 53.6 cm³/mol. The highest BCUT2D eigenvalue weighted by molar-refractivity contribution is 5.73. The molecule has 0 aliphatic carbocycles. The first kappa shape index (κ1) is 11.6. The van der Waals surface area contributed by atoms with Crippen LogP contribution in [0.4, 0.5) is 4.39 Å². The lowest BCUT2D eigenvalue weighted by molar-refractivity contribution is -0.138. The second-order valence-corrected chi connectivity index (χ2v) is 3.34. The number of hydrogen-bond acceptors (Lipinski definition) is 3. The van der Waals surface area contributed by atoms with Crippen molar-refractivity contribution in [1.82, 2.24) is 0 Å². The highest BCUT2D eigenvalue weighted by Gasteiger charge is 2.16. The molecule has 0 aromatic heterocycles. The quantitative estimate of drug-likeness (QED) is 0.682. The fraction of sp³-hybridized carbons (Fsp3) is 0.300. The average Bonchev–Trinajstić information content (AvgIpc) is 2.18. The van der Waals surface area contributed by atoms with Gasteiger partial charge in [0.2, 0.25) is 0 Å². The molecule has 2 atom stereocenters. The zero-order valence-electron chi connectivity index (χ0n) is 8.06. The van der Waals surface area contributed by atoms with Gasteiger partial charge in [-0.25, -0.2) is 4.39 Å². The Morgan fingerprint density at radius 1 is 1.33 bits per heavy atom. The molecule has 4 nitrogen and oxygen atoms in total. The Morgan fingerprint density at radius 3 is 2.33 bits per heavy atom. The van der Waals surface area contributed by atoms with Crippen molar-refractivity contribution in [3.8, 4) is 0 Å². The summed E-state index contributed by atoms with van der Waals surface area (Å²) in [7, 11) is 0. The summed E-state index contributed by atoms with van der Waals surface area (Å²) in [5, 5.41) is 8.58. The van der Waals surface area contributed by atoms with Crippen molar-refractivity contribution in [3.05, 3.63) is 35.6 Å². The van der Waals surface area contributed by atoms with Crippen LogP contribution < -0.4 is 11.5 Å². The summed E-state index contributed by atoms with van der Waals surface area (Å²) in [6.07, 6.45) is 0.126. The van der Waals surface area contributed by atoms with Crippen molar-refractivity contribution in [3.63, 3.8) is 0 Å². The molecule has 0 aliphatic heterocycles. The summed E-state index contributed by atoms with van der Waals surface area (Å²) in [5.74, 6) is -1.44. The molecule has 0 fully saturated rings. The molecule has 82 valence electrons. The van der Waals surface area contributed by atoms with E-state index in [2.05, 4.69) is 0 Å². The minimum absolute atomic E-state index is 0.126. The van der Waals surface area contributed by atoms with Crippen molar-refractivity contribution in [2.75, 3.05) is 0 Å².